The summed E-state index contributed by atoms with van der Waals surface area (Å²) in [6.07, 6.45) is 7.15. The summed E-state index contributed by atoms with van der Waals surface area (Å²) in [6, 6.07) is 0. The smallest absolute Gasteiger partial charge is 0.0874 e. The van der Waals surface area contributed by atoms with Gasteiger partial charge in [-0.05, 0) is 29.6 Å². The molecule has 0 fully saturated rings. The van der Waals surface area contributed by atoms with E-state index < -0.39 is 0 Å². The first-order valence-electron chi connectivity index (χ1n) is 5.89. The number of rotatable bonds is 1. The molecule has 1 rings (SSSR count). The first kappa shape index (κ1) is 13.0. The molecule has 0 aliphatic carbocycles. The van der Waals surface area contributed by atoms with Gasteiger partial charge in [0.05, 0.1) is 5.70 Å². The molecule has 1 nitrogen and oxygen atoms in total. The van der Waals surface area contributed by atoms with Crippen molar-refractivity contribution in [2.75, 3.05) is 0 Å². The lowest BCUT2D eigenvalue weighted by molar-refractivity contribution is 0.416. The van der Waals surface area contributed by atoms with E-state index in [1.807, 2.05) is 12.3 Å². The Balaban J connectivity index is 2.84. The fraction of sp³-hybridized carbons (Fsp3) is 0.600. The second kappa shape index (κ2) is 4.43. The van der Waals surface area contributed by atoms with E-state index in [-0.39, 0.29) is 5.41 Å². The van der Waals surface area contributed by atoms with Crippen molar-refractivity contribution in [1.29, 1.82) is 0 Å². The number of allylic oxidation sites excluding steroid dienone is 3. The molecule has 0 radical (unpaired) electrons. The lowest BCUT2D eigenvalue weighted by Crippen LogP contribution is -2.08. The fourth-order valence-corrected chi connectivity index (χ4v) is 1.58. The first-order chi connectivity index (χ1) is 7.18. The third-order valence-corrected chi connectivity index (χ3v) is 2.32. The highest BCUT2D eigenvalue weighted by Gasteiger charge is 2.17. The van der Waals surface area contributed by atoms with Crippen LogP contribution >= 0.6 is 0 Å². The Labute approximate surface area is 99.7 Å². The number of aliphatic imine (C=N–C) groups is 1. The minimum absolute atomic E-state index is 0.0675. The molecule has 1 aliphatic heterocycles. The zero-order chi connectivity index (χ0) is 12.4. The molecule has 0 aromatic carbocycles. The number of hydrogen-bond acceptors (Lipinski definition) is 1. The van der Waals surface area contributed by atoms with Gasteiger partial charge in [-0.15, -0.1) is 0 Å². The van der Waals surface area contributed by atoms with Gasteiger partial charge in [0.25, 0.3) is 0 Å². The molecule has 1 heterocycles. The molecule has 0 unspecified atom stereocenters. The summed E-state index contributed by atoms with van der Waals surface area (Å²) in [5.74, 6) is 0. The monoisotopic (exact) mass is 217 g/mol. The highest BCUT2D eigenvalue weighted by atomic mass is 14.8. The molecule has 0 aromatic rings. The van der Waals surface area contributed by atoms with E-state index in [1.54, 1.807) is 0 Å². The highest BCUT2D eigenvalue weighted by molar-refractivity contribution is 5.80. The molecular weight excluding hydrogens is 194 g/mol. The van der Waals surface area contributed by atoms with Gasteiger partial charge in [-0.25, -0.2) is 0 Å². The largest absolute Gasteiger partial charge is 0.252 e. The van der Waals surface area contributed by atoms with E-state index in [4.69, 9.17) is 0 Å². The van der Waals surface area contributed by atoms with Crippen molar-refractivity contribution < 1.29 is 0 Å². The van der Waals surface area contributed by atoms with Crippen LogP contribution in [-0.4, -0.2) is 6.21 Å². The van der Waals surface area contributed by atoms with E-state index in [9.17, 15) is 0 Å². The summed E-state index contributed by atoms with van der Waals surface area (Å²) in [6.45, 7) is 13.2. The first-order valence-corrected chi connectivity index (χ1v) is 5.89. The van der Waals surface area contributed by atoms with Crippen molar-refractivity contribution in [1.82, 2.24) is 0 Å². The van der Waals surface area contributed by atoms with Crippen LogP contribution in [0, 0.1) is 10.8 Å². The highest BCUT2D eigenvalue weighted by Crippen LogP contribution is 2.28. The average Bonchev–Trinajstić information content (AvgIpc) is 2.25. The third-order valence-electron chi connectivity index (χ3n) is 2.32. The molecule has 88 valence electrons. The van der Waals surface area contributed by atoms with Crippen LogP contribution in [0.4, 0.5) is 0 Å². The lowest BCUT2D eigenvalue weighted by atomic mass is 9.88. The van der Waals surface area contributed by atoms with Gasteiger partial charge in [0.2, 0.25) is 0 Å². The summed E-state index contributed by atoms with van der Waals surface area (Å²) >= 11 is 0. The van der Waals surface area contributed by atoms with Crippen LogP contribution in [0.1, 0.15) is 48.0 Å². The molecule has 0 N–H and O–H groups in total. The van der Waals surface area contributed by atoms with Gasteiger partial charge in [-0.2, -0.15) is 0 Å². The van der Waals surface area contributed by atoms with E-state index >= 15 is 0 Å². The zero-order valence-corrected chi connectivity index (χ0v) is 11.4. The van der Waals surface area contributed by atoms with E-state index in [0.29, 0.717) is 5.41 Å². The molecule has 0 bridgehead atoms. The third kappa shape index (κ3) is 4.20. The van der Waals surface area contributed by atoms with Crippen molar-refractivity contribution in [3.63, 3.8) is 0 Å². The van der Waals surface area contributed by atoms with Gasteiger partial charge < -0.3 is 0 Å². The summed E-state index contributed by atoms with van der Waals surface area (Å²) in [5, 5.41) is 0. The Bertz CT molecular complexity index is 375. The van der Waals surface area contributed by atoms with Crippen LogP contribution in [0.3, 0.4) is 0 Å². The van der Waals surface area contributed by atoms with Gasteiger partial charge in [0.15, 0.2) is 0 Å². The maximum absolute atomic E-state index is 4.54. The van der Waals surface area contributed by atoms with Gasteiger partial charge in [-0.3, -0.25) is 4.99 Å². The normalized spacial score (nSPS) is 16.9. The molecule has 16 heavy (non-hydrogen) atoms. The predicted molar refractivity (Wildman–Crippen MR) is 71.7 cm³/mol. The van der Waals surface area contributed by atoms with Gasteiger partial charge in [-0.1, -0.05) is 47.3 Å². The Morgan fingerprint density at radius 2 is 1.75 bits per heavy atom. The Morgan fingerprint density at radius 1 is 1.12 bits per heavy atom. The zero-order valence-electron chi connectivity index (χ0n) is 11.4. The Kier molecular flexibility index (Phi) is 3.60. The predicted octanol–water partition coefficient (Wildman–Crippen LogP) is 4.52. The van der Waals surface area contributed by atoms with Crippen molar-refractivity contribution >= 4 is 6.21 Å². The van der Waals surface area contributed by atoms with Crippen molar-refractivity contribution in [2.45, 2.75) is 48.0 Å². The van der Waals surface area contributed by atoms with Crippen molar-refractivity contribution in [2.24, 2.45) is 15.8 Å². The van der Waals surface area contributed by atoms with E-state index in [1.165, 1.54) is 5.57 Å². The molecule has 0 atom stereocenters. The molecule has 0 aromatic heterocycles. The minimum Gasteiger partial charge on any atom is -0.252 e. The molecule has 0 amide bonds. The Hall–Kier alpha value is -1.07. The molecule has 0 spiro atoms. The molecule has 0 saturated carbocycles. The number of nitrogens with zero attached hydrogens (tertiary/aromatic N) is 1. The standard InChI is InChI=1S/C15H23N/c1-14(2,3)10-12-8-7-9-13(16-11-12)15(4,5)6/h7-8,11H,10H2,1-6H3. The maximum atomic E-state index is 4.54. The average molecular weight is 217 g/mol. The second-order valence-electron chi connectivity index (χ2n) is 6.65. The molecule has 1 heteroatoms. The molecule has 0 saturated heterocycles. The topological polar surface area (TPSA) is 12.4 Å². The van der Waals surface area contributed by atoms with Crippen LogP contribution in [0.5, 0.6) is 0 Å². The summed E-state index contributed by atoms with van der Waals surface area (Å²) in [5.41, 5.74) is 5.92. The van der Waals surface area contributed by atoms with Gasteiger partial charge >= 0.3 is 0 Å². The quantitative estimate of drug-likeness (QED) is 0.573. The molecular formula is C15H23N. The van der Waals surface area contributed by atoms with Gasteiger partial charge in [0.1, 0.15) is 0 Å². The minimum atomic E-state index is 0.0675. The molecule has 1 aliphatic rings. The Morgan fingerprint density at radius 3 is 2.25 bits per heavy atom. The lowest BCUT2D eigenvalue weighted by Gasteiger charge is -2.19. The van der Waals surface area contributed by atoms with Crippen LogP contribution in [0.15, 0.2) is 34.1 Å². The maximum Gasteiger partial charge on any atom is 0.0874 e. The van der Waals surface area contributed by atoms with Gasteiger partial charge in [0, 0.05) is 11.6 Å². The number of hydrogen-bond donors (Lipinski definition) is 0. The van der Waals surface area contributed by atoms with Crippen LogP contribution in [0.2, 0.25) is 0 Å². The van der Waals surface area contributed by atoms with Crippen LogP contribution < -0.4 is 0 Å². The summed E-state index contributed by atoms with van der Waals surface area (Å²) < 4.78 is 0. The SMILES string of the molecule is CC(C)(C)CC1=CC=C=C(C(C)(C)C)N=C1. The van der Waals surface area contributed by atoms with Crippen LogP contribution in [0.25, 0.3) is 0 Å². The second-order valence-corrected chi connectivity index (χ2v) is 6.65. The van der Waals surface area contributed by atoms with E-state index in [2.05, 4.69) is 58.3 Å². The van der Waals surface area contributed by atoms with Crippen molar-refractivity contribution in [3.8, 4) is 0 Å². The summed E-state index contributed by atoms with van der Waals surface area (Å²) in [7, 11) is 0. The fourth-order valence-electron chi connectivity index (χ4n) is 1.58. The van der Waals surface area contributed by atoms with Crippen molar-refractivity contribution in [3.05, 3.63) is 29.2 Å². The van der Waals surface area contributed by atoms with E-state index in [0.717, 1.165) is 12.1 Å². The van der Waals surface area contributed by atoms with Crippen LogP contribution in [-0.2, 0) is 0 Å². The summed E-state index contributed by atoms with van der Waals surface area (Å²) in [4.78, 5) is 4.54.